The maximum Gasteiger partial charge on any atom is 0.153 e. The van der Waals surface area contributed by atoms with Crippen LogP contribution in [0.3, 0.4) is 0 Å². The van der Waals surface area contributed by atoms with Gasteiger partial charge in [-0.25, -0.2) is 5.11 Å². The van der Waals surface area contributed by atoms with E-state index in [1.807, 2.05) is 6.92 Å². The standard InChI is InChI=1S/C7H11O/c1-3-5-7(8)6-4-2/h7H,3,5H2,1-2H3. The SMILES string of the molecule is CC#CC([O])CCC. The van der Waals surface area contributed by atoms with Crippen LogP contribution in [0.1, 0.15) is 26.7 Å². The van der Waals surface area contributed by atoms with Crippen LogP contribution in [0.5, 0.6) is 0 Å². The first-order valence-corrected chi connectivity index (χ1v) is 2.89. The Bertz CT molecular complexity index is 96.7. The molecule has 0 spiro atoms. The van der Waals surface area contributed by atoms with Crippen molar-refractivity contribution in [3.63, 3.8) is 0 Å². The summed E-state index contributed by atoms with van der Waals surface area (Å²) in [6, 6.07) is 0. The summed E-state index contributed by atoms with van der Waals surface area (Å²) in [5, 5.41) is 10.6. The van der Waals surface area contributed by atoms with Gasteiger partial charge in [0.2, 0.25) is 0 Å². The van der Waals surface area contributed by atoms with Crippen LogP contribution in [0.15, 0.2) is 0 Å². The van der Waals surface area contributed by atoms with Crippen molar-refractivity contribution in [1.29, 1.82) is 0 Å². The average Bonchev–Trinajstić information content (AvgIpc) is 1.68. The molecule has 0 aromatic heterocycles. The van der Waals surface area contributed by atoms with E-state index in [0.29, 0.717) is 6.42 Å². The lowest BCUT2D eigenvalue weighted by molar-refractivity contribution is 0.129. The van der Waals surface area contributed by atoms with Gasteiger partial charge in [-0.3, -0.25) is 0 Å². The van der Waals surface area contributed by atoms with Gasteiger partial charge in [-0.2, -0.15) is 0 Å². The summed E-state index contributed by atoms with van der Waals surface area (Å²) in [6.45, 7) is 3.68. The smallest absolute Gasteiger partial charge is 0.153 e. The topological polar surface area (TPSA) is 19.9 Å². The predicted octanol–water partition coefficient (Wildman–Crippen LogP) is 1.61. The minimum absolute atomic E-state index is 0.648. The fourth-order valence-electron chi connectivity index (χ4n) is 0.495. The molecule has 0 N–H and O–H groups in total. The van der Waals surface area contributed by atoms with Gasteiger partial charge in [0.25, 0.3) is 0 Å². The van der Waals surface area contributed by atoms with Crippen molar-refractivity contribution in [2.45, 2.75) is 32.8 Å². The molecule has 45 valence electrons. The summed E-state index contributed by atoms with van der Waals surface area (Å²) >= 11 is 0. The first-order valence-electron chi connectivity index (χ1n) is 2.89. The molecule has 0 saturated carbocycles. The molecule has 8 heavy (non-hydrogen) atoms. The Balaban J connectivity index is 3.27. The minimum Gasteiger partial charge on any atom is -0.219 e. The van der Waals surface area contributed by atoms with E-state index in [0.717, 1.165) is 6.42 Å². The van der Waals surface area contributed by atoms with E-state index < -0.39 is 6.10 Å². The molecule has 1 unspecified atom stereocenters. The lowest BCUT2D eigenvalue weighted by atomic mass is 10.2. The maximum atomic E-state index is 10.6. The van der Waals surface area contributed by atoms with Gasteiger partial charge in [-0.15, -0.1) is 5.92 Å². The average molecular weight is 111 g/mol. The third kappa shape index (κ3) is 3.70. The lowest BCUT2D eigenvalue weighted by Crippen LogP contribution is -1.97. The number of hydrogen-bond acceptors (Lipinski definition) is 0. The fourth-order valence-corrected chi connectivity index (χ4v) is 0.495. The molecule has 0 heterocycles. The van der Waals surface area contributed by atoms with Crippen molar-refractivity contribution in [1.82, 2.24) is 0 Å². The Morgan fingerprint density at radius 2 is 2.25 bits per heavy atom. The zero-order valence-corrected chi connectivity index (χ0v) is 5.40. The highest BCUT2D eigenvalue weighted by Crippen LogP contribution is 1.93. The lowest BCUT2D eigenvalue weighted by Gasteiger charge is -1.92. The maximum absolute atomic E-state index is 10.6. The normalized spacial score (nSPS) is 11.9. The van der Waals surface area contributed by atoms with E-state index in [9.17, 15) is 5.11 Å². The molecule has 0 rings (SSSR count). The summed E-state index contributed by atoms with van der Waals surface area (Å²) < 4.78 is 0. The summed E-state index contributed by atoms with van der Waals surface area (Å²) in [4.78, 5) is 0. The Morgan fingerprint density at radius 1 is 1.62 bits per heavy atom. The molecule has 0 aromatic rings. The highest BCUT2D eigenvalue weighted by Gasteiger charge is 1.95. The van der Waals surface area contributed by atoms with E-state index >= 15 is 0 Å². The zero-order valence-electron chi connectivity index (χ0n) is 5.40. The predicted molar refractivity (Wildman–Crippen MR) is 32.8 cm³/mol. The summed E-state index contributed by atoms with van der Waals surface area (Å²) in [5.74, 6) is 5.13. The zero-order chi connectivity index (χ0) is 6.41. The molecule has 1 atom stereocenters. The van der Waals surface area contributed by atoms with Gasteiger partial charge in [0.1, 0.15) is 0 Å². The molecule has 0 aromatic carbocycles. The van der Waals surface area contributed by atoms with Gasteiger partial charge in [0.15, 0.2) is 6.10 Å². The van der Waals surface area contributed by atoms with Crippen molar-refractivity contribution in [2.75, 3.05) is 0 Å². The van der Waals surface area contributed by atoms with E-state index in [2.05, 4.69) is 11.8 Å². The highest BCUT2D eigenvalue weighted by molar-refractivity contribution is 5.00. The van der Waals surface area contributed by atoms with Gasteiger partial charge < -0.3 is 0 Å². The highest BCUT2D eigenvalue weighted by atomic mass is 16.3. The Kier molecular flexibility index (Phi) is 4.39. The van der Waals surface area contributed by atoms with Gasteiger partial charge >= 0.3 is 0 Å². The fraction of sp³-hybridized carbons (Fsp3) is 0.714. The van der Waals surface area contributed by atoms with Crippen molar-refractivity contribution < 1.29 is 5.11 Å². The molecular weight excluding hydrogens is 100 g/mol. The second-order valence-corrected chi connectivity index (χ2v) is 1.67. The van der Waals surface area contributed by atoms with E-state index in [-0.39, 0.29) is 0 Å². The first kappa shape index (κ1) is 7.52. The van der Waals surface area contributed by atoms with Crippen LogP contribution in [0.25, 0.3) is 0 Å². The summed E-state index contributed by atoms with van der Waals surface area (Å²) in [5.41, 5.74) is 0. The van der Waals surface area contributed by atoms with Crippen LogP contribution < -0.4 is 0 Å². The molecule has 0 amide bonds. The van der Waals surface area contributed by atoms with Crippen molar-refractivity contribution in [3.8, 4) is 11.8 Å². The van der Waals surface area contributed by atoms with E-state index in [4.69, 9.17) is 0 Å². The second-order valence-electron chi connectivity index (χ2n) is 1.67. The van der Waals surface area contributed by atoms with E-state index in [1.165, 1.54) is 0 Å². The van der Waals surface area contributed by atoms with E-state index in [1.54, 1.807) is 6.92 Å². The van der Waals surface area contributed by atoms with Gasteiger partial charge in [0.05, 0.1) is 0 Å². The largest absolute Gasteiger partial charge is 0.219 e. The molecule has 0 aliphatic heterocycles. The Hall–Kier alpha value is -0.480. The molecule has 0 aliphatic rings. The third-order valence-electron chi connectivity index (χ3n) is 0.856. The molecule has 1 heteroatoms. The van der Waals surface area contributed by atoms with Gasteiger partial charge in [-0.05, 0) is 13.3 Å². The van der Waals surface area contributed by atoms with Crippen molar-refractivity contribution in [2.24, 2.45) is 0 Å². The Morgan fingerprint density at radius 3 is 2.62 bits per heavy atom. The monoisotopic (exact) mass is 111 g/mol. The van der Waals surface area contributed by atoms with Crippen LogP contribution in [-0.2, 0) is 5.11 Å². The van der Waals surface area contributed by atoms with Crippen LogP contribution in [0.4, 0.5) is 0 Å². The quantitative estimate of drug-likeness (QED) is 0.482. The number of rotatable bonds is 2. The Labute approximate surface area is 50.7 Å². The summed E-state index contributed by atoms with van der Waals surface area (Å²) in [7, 11) is 0. The minimum atomic E-state index is -0.648. The first-order chi connectivity index (χ1) is 3.81. The van der Waals surface area contributed by atoms with Gasteiger partial charge in [0, 0.05) is 0 Å². The molecule has 0 bridgehead atoms. The van der Waals surface area contributed by atoms with Crippen LogP contribution in [-0.4, -0.2) is 6.10 Å². The van der Waals surface area contributed by atoms with Gasteiger partial charge in [-0.1, -0.05) is 19.3 Å². The molecule has 0 fully saturated rings. The third-order valence-corrected chi connectivity index (χ3v) is 0.856. The molecule has 1 radical (unpaired) electrons. The molecule has 0 aliphatic carbocycles. The van der Waals surface area contributed by atoms with Crippen LogP contribution >= 0.6 is 0 Å². The van der Waals surface area contributed by atoms with Crippen LogP contribution in [0.2, 0.25) is 0 Å². The molecular formula is C7H11O. The number of hydrogen-bond donors (Lipinski definition) is 0. The van der Waals surface area contributed by atoms with Crippen molar-refractivity contribution >= 4 is 0 Å². The summed E-state index contributed by atoms with van der Waals surface area (Å²) in [6.07, 6.45) is 0.967. The second kappa shape index (κ2) is 4.67. The molecule has 0 saturated heterocycles. The van der Waals surface area contributed by atoms with Crippen LogP contribution in [0, 0.1) is 11.8 Å². The molecule has 1 nitrogen and oxygen atoms in total. The van der Waals surface area contributed by atoms with Crippen molar-refractivity contribution in [3.05, 3.63) is 0 Å².